The lowest BCUT2D eigenvalue weighted by atomic mass is 9.78. The van der Waals surface area contributed by atoms with E-state index in [2.05, 4.69) is 208 Å². The molecule has 0 N–H and O–H groups in total. The Morgan fingerprint density at radius 1 is 0.226 bits per heavy atom. The summed E-state index contributed by atoms with van der Waals surface area (Å²) in [4.78, 5) is 15.0. The molecule has 0 atom stereocenters. The highest BCUT2D eigenvalue weighted by Gasteiger charge is 2.24. The van der Waals surface area contributed by atoms with Crippen molar-refractivity contribution < 1.29 is 0 Å². The van der Waals surface area contributed by atoms with Gasteiger partial charge in [0.25, 0.3) is 0 Å². The normalized spacial score (nSPS) is 11.1. The van der Waals surface area contributed by atoms with Crippen LogP contribution in [-0.4, -0.2) is 15.0 Å². The van der Waals surface area contributed by atoms with Crippen LogP contribution in [0.1, 0.15) is 11.1 Å². The molecule has 0 aliphatic rings. The molecule has 0 radical (unpaired) electrons. The van der Waals surface area contributed by atoms with E-state index in [-0.39, 0.29) is 0 Å². The fourth-order valence-corrected chi connectivity index (χ4v) is 8.59. The third kappa shape index (κ3) is 7.76. The summed E-state index contributed by atoms with van der Waals surface area (Å²) in [7, 11) is 0. The first-order chi connectivity index (χ1) is 30.6. The molecule has 9 aromatic carbocycles. The third-order valence-corrected chi connectivity index (χ3v) is 11.4. The van der Waals surface area contributed by atoms with Crippen molar-refractivity contribution in [2.45, 2.75) is 13.8 Å². The molecule has 62 heavy (non-hydrogen) atoms. The summed E-state index contributed by atoms with van der Waals surface area (Å²) < 4.78 is 0. The van der Waals surface area contributed by atoms with Gasteiger partial charge in [0.1, 0.15) is 0 Å². The first-order valence-electron chi connectivity index (χ1n) is 21.1. The number of nitrogens with zero attached hydrogens (tertiary/aromatic N) is 3. The van der Waals surface area contributed by atoms with Crippen molar-refractivity contribution >= 4 is 0 Å². The van der Waals surface area contributed by atoms with Crippen molar-refractivity contribution in [1.29, 1.82) is 0 Å². The molecule has 10 rings (SSSR count). The van der Waals surface area contributed by atoms with Gasteiger partial charge in [0.05, 0.1) is 0 Å². The van der Waals surface area contributed by atoms with Gasteiger partial charge in [0.2, 0.25) is 0 Å². The highest BCUT2D eigenvalue weighted by Crippen LogP contribution is 2.50. The topological polar surface area (TPSA) is 38.7 Å². The number of aryl methyl sites for hydroxylation is 2. The largest absolute Gasteiger partial charge is 0.208 e. The first-order valence-corrected chi connectivity index (χ1v) is 21.1. The van der Waals surface area contributed by atoms with Gasteiger partial charge in [0.15, 0.2) is 17.5 Å². The average molecular weight is 794 g/mol. The Morgan fingerprint density at radius 3 is 1.08 bits per heavy atom. The van der Waals surface area contributed by atoms with Crippen LogP contribution in [0.25, 0.3) is 101 Å². The van der Waals surface area contributed by atoms with Crippen LogP contribution in [0, 0.1) is 13.8 Å². The molecule has 0 aliphatic carbocycles. The molecule has 3 nitrogen and oxygen atoms in total. The monoisotopic (exact) mass is 793 g/mol. The second-order valence-corrected chi connectivity index (χ2v) is 15.8. The predicted octanol–water partition coefficient (Wildman–Crippen LogP) is 15.5. The minimum absolute atomic E-state index is 0.640. The molecule has 1 heterocycles. The van der Waals surface area contributed by atoms with Crippen LogP contribution in [0.15, 0.2) is 224 Å². The van der Waals surface area contributed by atoms with Gasteiger partial charge in [-0.05, 0) is 105 Å². The summed E-state index contributed by atoms with van der Waals surface area (Å²) in [6, 6.07) is 79.9. The summed E-state index contributed by atoms with van der Waals surface area (Å²) >= 11 is 0. The van der Waals surface area contributed by atoms with E-state index in [1.54, 1.807) is 0 Å². The molecular weight excluding hydrogens is 751 g/mol. The summed E-state index contributed by atoms with van der Waals surface area (Å²) in [6.07, 6.45) is 0. The zero-order chi connectivity index (χ0) is 41.8. The van der Waals surface area contributed by atoms with Gasteiger partial charge >= 0.3 is 0 Å². The Morgan fingerprint density at radius 2 is 0.581 bits per heavy atom. The maximum absolute atomic E-state index is 5.05. The molecular formula is C59H43N3. The number of benzene rings is 9. The minimum atomic E-state index is 0.640. The highest BCUT2D eigenvalue weighted by molar-refractivity contribution is 6.07. The Kier molecular flexibility index (Phi) is 10.4. The van der Waals surface area contributed by atoms with Crippen LogP contribution in [0.3, 0.4) is 0 Å². The summed E-state index contributed by atoms with van der Waals surface area (Å²) in [5, 5.41) is 0. The number of hydrogen-bond donors (Lipinski definition) is 0. The van der Waals surface area contributed by atoms with Crippen molar-refractivity contribution in [2.75, 3.05) is 0 Å². The van der Waals surface area contributed by atoms with Crippen LogP contribution in [0.2, 0.25) is 0 Å². The lowest BCUT2D eigenvalue weighted by Crippen LogP contribution is -2.00. The van der Waals surface area contributed by atoms with Crippen molar-refractivity contribution in [1.82, 2.24) is 15.0 Å². The lowest BCUT2D eigenvalue weighted by Gasteiger charge is -2.24. The maximum Gasteiger partial charge on any atom is 0.164 e. The van der Waals surface area contributed by atoms with Crippen molar-refractivity contribution in [3.05, 3.63) is 236 Å². The van der Waals surface area contributed by atoms with Crippen LogP contribution < -0.4 is 0 Å². The van der Waals surface area contributed by atoms with E-state index in [1.165, 1.54) is 61.2 Å². The molecule has 3 heteroatoms. The molecule has 0 aliphatic heterocycles. The highest BCUT2D eigenvalue weighted by atomic mass is 15.0. The Bertz CT molecular complexity index is 3130. The average Bonchev–Trinajstić information content (AvgIpc) is 3.34. The van der Waals surface area contributed by atoms with Crippen molar-refractivity contribution in [3.8, 4) is 101 Å². The molecule has 0 saturated carbocycles. The number of aromatic nitrogens is 3. The molecule has 0 fully saturated rings. The van der Waals surface area contributed by atoms with Crippen molar-refractivity contribution in [3.63, 3.8) is 0 Å². The van der Waals surface area contributed by atoms with E-state index in [1.807, 2.05) is 30.3 Å². The zero-order valence-corrected chi connectivity index (χ0v) is 34.7. The van der Waals surface area contributed by atoms with Gasteiger partial charge in [-0.3, -0.25) is 0 Å². The van der Waals surface area contributed by atoms with E-state index < -0.39 is 0 Å². The van der Waals surface area contributed by atoms with Gasteiger partial charge in [-0.2, -0.15) is 0 Å². The van der Waals surface area contributed by atoms with Crippen LogP contribution in [-0.2, 0) is 0 Å². The third-order valence-electron chi connectivity index (χ3n) is 11.4. The Hall–Kier alpha value is -8.01. The smallest absolute Gasteiger partial charge is 0.164 e. The molecule has 10 aromatic rings. The van der Waals surface area contributed by atoms with E-state index in [9.17, 15) is 0 Å². The molecule has 0 unspecified atom stereocenters. The standard InChI is InChI=1S/C59H43N3/c1-40-35-41(2)37-51(36-40)59-61-57(47-27-16-7-17-28-47)60-58(62-59)48-33-31-42(32-34-48)49-29-18-30-50(38-49)53-39-52(43-19-8-3-9-20-43)54(44-21-10-4-11-22-44)56(46-25-14-6-15-26-46)55(53)45-23-12-5-13-24-45/h3-39H,1-2H3. The van der Waals surface area contributed by atoms with E-state index >= 15 is 0 Å². The van der Waals surface area contributed by atoms with Crippen molar-refractivity contribution in [2.24, 2.45) is 0 Å². The Labute approximate surface area is 363 Å². The van der Waals surface area contributed by atoms with E-state index in [0.717, 1.165) is 33.4 Å². The van der Waals surface area contributed by atoms with Gasteiger partial charge in [-0.15, -0.1) is 0 Å². The maximum atomic E-state index is 5.05. The SMILES string of the molecule is Cc1cc(C)cc(-c2nc(-c3ccccc3)nc(-c3ccc(-c4cccc(-c5cc(-c6ccccc6)c(-c6ccccc6)c(-c6ccccc6)c5-c5ccccc5)c4)cc3)n2)c1. The second kappa shape index (κ2) is 16.9. The molecule has 1 aromatic heterocycles. The summed E-state index contributed by atoms with van der Waals surface area (Å²) in [6.45, 7) is 4.22. The number of rotatable bonds is 9. The lowest BCUT2D eigenvalue weighted by molar-refractivity contribution is 1.07. The molecule has 294 valence electrons. The molecule has 0 bridgehead atoms. The van der Waals surface area contributed by atoms with Gasteiger partial charge < -0.3 is 0 Å². The van der Waals surface area contributed by atoms with Gasteiger partial charge in [-0.1, -0.05) is 211 Å². The first kappa shape index (κ1) is 38.2. The van der Waals surface area contributed by atoms with E-state index in [0.29, 0.717) is 17.5 Å². The van der Waals surface area contributed by atoms with E-state index in [4.69, 9.17) is 15.0 Å². The molecule has 0 saturated heterocycles. The van der Waals surface area contributed by atoms with Gasteiger partial charge in [0, 0.05) is 16.7 Å². The van der Waals surface area contributed by atoms with Crippen LogP contribution in [0.5, 0.6) is 0 Å². The molecule has 0 spiro atoms. The second-order valence-electron chi connectivity index (χ2n) is 15.8. The van der Waals surface area contributed by atoms with Crippen LogP contribution in [0.4, 0.5) is 0 Å². The summed E-state index contributed by atoms with van der Waals surface area (Å²) in [5.41, 5.74) is 19.2. The fourth-order valence-electron chi connectivity index (χ4n) is 8.59. The Balaban J connectivity index is 1.13. The number of hydrogen-bond acceptors (Lipinski definition) is 3. The fraction of sp³-hybridized carbons (Fsp3) is 0.0339. The quantitative estimate of drug-likeness (QED) is 0.146. The predicted molar refractivity (Wildman–Crippen MR) is 258 cm³/mol. The minimum Gasteiger partial charge on any atom is -0.208 e. The molecule has 0 amide bonds. The van der Waals surface area contributed by atoms with Crippen LogP contribution >= 0.6 is 0 Å². The zero-order valence-electron chi connectivity index (χ0n) is 34.7. The summed E-state index contributed by atoms with van der Waals surface area (Å²) in [5.74, 6) is 1.95. The van der Waals surface area contributed by atoms with Gasteiger partial charge in [-0.25, -0.2) is 15.0 Å².